The molecule has 118 valence electrons. The van der Waals surface area contributed by atoms with Crippen molar-refractivity contribution in [1.29, 1.82) is 0 Å². The minimum atomic E-state index is -0.255. The molecule has 0 aliphatic carbocycles. The predicted octanol–water partition coefficient (Wildman–Crippen LogP) is 3.70. The summed E-state index contributed by atoms with van der Waals surface area (Å²) >= 11 is 6.22. The van der Waals surface area contributed by atoms with Crippen LogP contribution in [0.3, 0.4) is 0 Å². The van der Waals surface area contributed by atoms with Gasteiger partial charge in [0.25, 0.3) is 0 Å². The van der Waals surface area contributed by atoms with Gasteiger partial charge >= 0.3 is 5.97 Å². The van der Waals surface area contributed by atoms with E-state index in [-0.39, 0.29) is 12.4 Å². The first-order chi connectivity index (χ1) is 11.1. The van der Waals surface area contributed by atoms with Crippen LogP contribution in [0.1, 0.15) is 11.1 Å². The van der Waals surface area contributed by atoms with Crippen molar-refractivity contribution in [2.45, 2.75) is 13.0 Å². The van der Waals surface area contributed by atoms with Crippen LogP contribution in [0.4, 0.5) is 5.69 Å². The smallest absolute Gasteiger partial charge is 0.309 e. The molecule has 0 amide bonds. The Bertz CT molecular complexity index is 704. The Labute approximate surface area is 141 Å². The van der Waals surface area contributed by atoms with Gasteiger partial charge in [-0.1, -0.05) is 47.9 Å². The number of ether oxygens (including phenoxy) is 1. The first kappa shape index (κ1) is 16.9. The third kappa shape index (κ3) is 4.77. The maximum absolute atomic E-state index is 11.3. The quantitative estimate of drug-likeness (QED) is 0.598. The van der Waals surface area contributed by atoms with Crippen LogP contribution in [0.15, 0.2) is 48.5 Å². The molecule has 4 heteroatoms. The van der Waals surface area contributed by atoms with E-state index in [0.29, 0.717) is 13.1 Å². The normalized spacial score (nSPS) is 9.96. The van der Waals surface area contributed by atoms with Crippen molar-refractivity contribution in [2.24, 2.45) is 0 Å². The number of carbonyl (C=O) groups is 1. The van der Waals surface area contributed by atoms with Gasteiger partial charge in [-0.3, -0.25) is 4.79 Å². The van der Waals surface area contributed by atoms with Gasteiger partial charge in [0.1, 0.15) is 0 Å². The third-order valence-electron chi connectivity index (χ3n) is 3.48. The molecule has 2 rings (SSSR count). The van der Waals surface area contributed by atoms with Gasteiger partial charge in [-0.05, 0) is 29.3 Å². The number of benzene rings is 2. The van der Waals surface area contributed by atoms with Crippen molar-refractivity contribution in [3.63, 3.8) is 0 Å². The summed E-state index contributed by atoms with van der Waals surface area (Å²) in [5, 5.41) is 0.719. The molecule has 2 aromatic carbocycles. The lowest BCUT2D eigenvalue weighted by molar-refractivity contribution is -0.139. The Morgan fingerprint density at radius 2 is 1.91 bits per heavy atom. The summed E-state index contributed by atoms with van der Waals surface area (Å²) in [6.45, 7) is 1.10. The van der Waals surface area contributed by atoms with Crippen molar-refractivity contribution in [3.05, 3.63) is 64.7 Å². The monoisotopic (exact) mass is 327 g/mol. The molecule has 0 N–H and O–H groups in total. The van der Waals surface area contributed by atoms with Crippen molar-refractivity contribution in [1.82, 2.24) is 0 Å². The number of esters is 1. The van der Waals surface area contributed by atoms with Crippen LogP contribution >= 0.6 is 11.6 Å². The Kier molecular flexibility index (Phi) is 6.08. The zero-order chi connectivity index (χ0) is 16.7. The van der Waals surface area contributed by atoms with Gasteiger partial charge in [0.15, 0.2) is 0 Å². The average molecular weight is 328 g/mol. The first-order valence-electron chi connectivity index (χ1n) is 7.21. The van der Waals surface area contributed by atoms with Crippen molar-refractivity contribution < 1.29 is 9.53 Å². The van der Waals surface area contributed by atoms with E-state index < -0.39 is 0 Å². The van der Waals surface area contributed by atoms with Crippen LogP contribution in [0.2, 0.25) is 5.02 Å². The highest BCUT2D eigenvalue weighted by molar-refractivity contribution is 6.31. The summed E-state index contributed by atoms with van der Waals surface area (Å²) in [7, 11) is 1.38. The number of halogens is 1. The number of terminal acetylenes is 1. The third-order valence-corrected chi connectivity index (χ3v) is 3.85. The number of hydrogen-bond donors (Lipinski definition) is 0. The second-order valence-corrected chi connectivity index (χ2v) is 5.48. The molecular weight excluding hydrogens is 310 g/mol. The van der Waals surface area contributed by atoms with Gasteiger partial charge in [-0.2, -0.15) is 0 Å². The lowest BCUT2D eigenvalue weighted by atomic mass is 10.1. The van der Waals surface area contributed by atoms with Gasteiger partial charge in [-0.15, -0.1) is 6.42 Å². The van der Waals surface area contributed by atoms with Crippen LogP contribution in [0.5, 0.6) is 0 Å². The number of nitrogens with zero attached hydrogens (tertiary/aromatic N) is 1. The summed E-state index contributed by atoms with van der Waals surface area (Å²) in [6, 6.07) is 15.4. The zero-order valence-corrected chi connectivity index (χ0v) is 13.7. The van der Waals surface area contributed by atoms with E-state index in [1.165, 1.54) is 7.11 Å². The van der Waals surface area contributed by atoms with Crippen molar-refractivity contribution >= 4 is 23.3 Å². The van der Waals surface area contributed by atoms with Crippen LogP contribution in [-0.4, -0.2) is 19.6 Å². The molecule has 0 fully saturated rings. The van der Waals surface area contributed by atoms with E-state index in [2.05, 4.69) is 15.6 Å². The highest BCUT2D eigenvalue weighted by Gasteiger charge is 2.09. The fourth-order valence-electron chi connectivity index (χ4n) is 2.24. The van der Waals surface area contributed by atoms with Crippen LogP contribution < -0.4 is 4.90 Å². The minimum Gasteiger partial charge on any atom is -0.469 e. The lowest BCUT2D eigenvalue weighted by Gasteiger charge is -2.23. The van der Waals surface area contributed by atoms with Gasteiger partial charge < -0.3 is 9.64 Å². The number of anilines is 1. The maximum atomic E-state index is 11.3. The number of rotatable bonds is 6. The van der Waals surface area contributed by atoms with Crippen molar-refractivity contribution in [2.75, 3.05) is 18.6 Å². The highest BCUT2D eigenvalue weighted by Crippen LogP contribution is 2.22. The molecule has 0 atom stereocenters. The minimum absolute atomic E-state index is 0.255. The molecule has 0 unspecified atom stereocenters. The van der Waals surface area contributed by atoms with Crippen LogP contribution in [-0.2, 0) is 22.5 Å². The summed E-state index contributed by atoms with van der Waals surface area (Å²) in [6.07, 6.45) is 5.75. The Morgan fingerprint density at radius 3 is 2.52 bits per heavy atom. The summed E-state index contributed by atoms with van der Waals surface area (Å²) in [5.74, 6) is 2.42. The van der Waals surface area contributed by atoms with E-state index in [9.17, 15) is 4.79 Å². The Balaban J connectivity index is 2.16. The molecule has 0 aliphatic rings. The van der Waals surface area contributed by atoms with Crippen molar-refractivity contribution in [3.8, 4) is 12.3 Å². The van der Waals surface area contributed by atoms with Gasteiger partial charge in [0.2, 0.25) is 0 Å². The lowest BCUT2D eigenvalue weighted by Crippen LogP contribution is -2.23. The van der Waals surface area contributed by atoms with E-state index in [1.807, 2.05) is 48.5 Å². The molecule has 3 nitrogen and oxygen atoms in total. The molecular formula is C19H18ClNO2. The van der Waals surface area contributed by atoms with E-state index in [0.717, 1.165) is 21.8 Å². The molecule has 23 heavy (non-hydrogen) atoms. The second kappa shape index (κ2) is 8.26. The molecule has 0 aliphatic heterocycles. The molecule has 0 heterocycles. The van der Waals surface area contributed by atoms with E-state index >= 15 is 0 Å². The second-order valence-electron chi connectivity index (χ2n) is 5.07. The largest absolute Gasteiger partial charge is 0.469 e. The molecule has 0 aromatic heterocycles. The van der Waals surface area contributed by atoms with Gasteiger partial charge in [0.05, 0.1) is 20.1 Å². The first-order valence-corrected chi connectivity index (χ1v) is 7.59. The highest BCUT2D eigenvalue weighted by atomic mass is 35.5. The summed E-state index contributed by atoms with van der Waals surface area (Å²) in [4.78, 5) is 13.4. The molecule has 0 radical (unpaired) electrons. The number of hydrogen-bond acceptors (Lipinski definition) is 3. The SMILES string of the molecule is C#CCN(Cc1ccccc1Cl)c1ccc(CC(=O)OC)cc1. The van der Waals surface area contributed by atoms with Gasteiger partial charge in [0, 0.05) is 17.3 Å². The molecule has 0 saturated carbocycles. The summed E-state index contributed by atoms with van der Waals surface area (Å²) < 4.78 is 4.67. The van der Waals surface area contributed by atoms with Crippen LogP contribution in [0, 0.1) is 12.3 Å². The molecule has 0 saturated heterocycles. The van der Waals surface area contributed by atoms with Gasteiger partial charge in [-0.25, -0.2) is 0 Å². The fraction of sp³-hybridized carbons (Fsp3) is 0.211. The standard InChI is InChI=1S/C19H18ClNO2/c1-3-12-21(14-16-6-4-5-7-18(16)20)17-10-8-15(9-11-17)13-19(22)23-2/h1,4-11H,12-14H2,2H3. The number of carbonyl (C=O) groups excluding carboxylic acids is 1. The maximum Gasteiger partial charge on any atom is 0.309 e. The molecule has 0 bridgehead atoms. The average Bonchev–Trinajstić information content (AvgIpc) is 2.57. The topological polar surface area (TPSA) is 29.5 Å². The Hall–Kier alpha value is -2.44. The van der Waals surface area contributed by atoms with E-state index in [4.69, 9.17) is 18.0 Å². The molecule has 0 spiro atoms. The summed E-state index contributed by atoms with van der Waals surface area (Å²) in [5.41, 5.74) is 2.90. The molecule has 2 aromatic rings. The number of methoxy groups -OCH3 is 1. The fourth-order valence-corrected chi connectivity index (χ4v) is 2.44. The predicted molar refractivity (Wildman–Crippen MR) is 93.5 cm³/mol. The van der Waals surface area contributed by atoms with E-state index in [1.54, 1.807) is 0 Å². The zero-order valence-electron chi connectivity index (χ0n) is 13.0. The van der Waals surface area contributed by atoms with Crippen LogP contribution in [0.25, 0.3) is 0 Å². The Morgan fingerprint density at radius 1 is 1.22 bits per heavy atom.